The van der Waals surface area contributed by atoms with Crippen LogP contribution < -0.4 is 10.6 Å². The first-order valence-electron chi connectivity index (χ1n) is 5.75. The topological polar surface area (TPSA) is 45.4 Å². The predicted octanol–water partition coefficient (Wildman–Crippen LogP) is 1.11. The summed E-state index contributed by atoms with van der Waals surface area (Å²) in [5.74, 6) is 1.00. The maximum Gasteiger partial charge on any atom is 0.130 e. The van der Waals surface area contributed by atoms with Crippen molar-refractivity contribution in [2.24, 2.45) is 0 Å². The lowest BCUT2D eigenvalue weighted by atomic mass is 10.2. The number of likely N-dealkylation sites (N-methyl/N-ethyl adjacent to an activating group) is 1. The maximum atomic E-state index is 5.92. The lowest BCUT2D eigenvalue weighted by molar-refractivity contribution is 0.274. The smallest absolute Gasteiger partial charge is 0.130 e. The Labute approximate surface area is 97.1 Å². The minimum Gasteiger partial charge on any atom is -0.398 e. The second kappa shape index (κ2) is 4.29. The number of nitrogens with two attached hydrogens (primary N) is 1. The Morgan fingerprint density at radius 3 is 2.81 bits per heavy atom. The highest BCUT2D eigenvalue weighted by Crippen LogP contribution is 2.21. The predicted molar refractivity (Wildman–Crippen MR) is 67.7 cm³/mol. The van der Waals surface area contributed by atoms with Crippen molar-refractivity contribution >= 4 is 11.5 Å². The summed E-state index contributed by atoms with van der Waals surface area (Å²) in [6.45, 7) is 7.40. The molecule has 1 unspecified atom stereocenters. The van der Waals surface area contributed by atoms with Crippen molar-refractivity contribution in [1.82, 2.24) is 9.88 Å². The van der Waals surface area contributed by atoms with Gasteiger partial charge in [0.25, 0.3) is 0 Å². The average molecular weight is 220 g/mol. The third kappa shape index (κ3) is 2.11. The number of nitrogen functional groups attached to an aromatic ring is 1. The minimum atomic E-state index is 0.494. The number of aryl methyl sites for hydroxylation is 1. The van der Waals surface area contributed by atoms with Crippen LogP contribution in [-0.4, -0.2) is 42.6 Å². The fourth-order valence-electron chi connectivity index (χ4n) is 2.16. The van der Waals surface area contributed by atoms with Gasteiger partial charge in [-0.05, 0) is 26.5 Å². The fraction of sp³-hybridized carbons (Fsp3) is 0.583. The van der Waals surface area contributed by atoms with Gasteiger partial charge < -0.3 is 15.5 Å². The van der Waals surface area contributed by atoms with Crippen molar-refractivity contribution in [1.29, 1.82) is 0 Å². The summed E-state index contributed by atoms with van der Waals surface area (Å²) in [6, 6.07) is 2.48. The Morgan fingerprint density at radius 1 is 1.44 bits per heavy atom. The van der Waals surface area contributed by atoms with E-state index in [1.165, 1.54) is 0 Å². The normalized spacial score (nSPS) is 22.4. The zero-order valence-corrected chi connectivity index (χ0v) is 10.3. The van der Waals surface area contributed by atoms with Crippen molar-refractivity contribution in [3.8, 4) is 0 Å². The van der Waals surface area contributed by atoms with E-state index in [1.54, 1.807) is 0 Å². The molecule has 16 heavy (non-hydrogen) atoms. The molecule has 0 saturated carbocycles. The molecule has 1 aromatic rings. The van der Waals surface area contributed by atoms with Gasteiger partial charge in [-0.15, -0.1) is 0 Å². The first-order chi connectivity index (χ1) is 7.58. The molecule has 0 bridgehead atoms. The van der Waals surface area contributed by atoms with E-state index < -0.39 is 0 Å². The van der Waals surface area contributed by atoms with E-state index >= 15 is 0 Å². The van der Waals surface area contributed by atoms with Gasteiger partial charge in [-0.1, -0.05) is 0 Å². The number of nitrogens with zero attached hydrogens (tertiary/aromatic N) is 3. The molecular formula is C12H20N4. The summed E-state index contributed by atoms with van der Waals surface area (Å²) >= 11 is 0. The van der Waals surface area contributed by atoms with Crippen molar-refractivity contribution in [2.45, 2.75) is 19.9 Å². The Hall–Kier alpha value is -1.29. The molecule has 0 aliphatic carbocycles. The van der Waals surface area contributed by atoms with Crippen molar-refractivity contribution in [3.05, 3.63) is 17.8 Å². The molecule has 1 fully saturated rings. The van der Waals surface area contributed by atoms with E-state index in [-0.39, 0.29) is 0 Å². The third-order valence-corrected chi connectivity index (χ3v) is 3.26. The van der Waals surface area contributed by atoms with Gasteiger partial charge in [0.15, 0.2) is 0 Å². The molecule has 0 spiro atoms. The van der Waals surface area contributed by atoms with Crippen LogP contribution in [0.4, 0.5) is 11.5 Å². The monoisotopic (exact) mass is 220 g/mol. The number of aromatic nitrogens is 1. The van der Waals surface area contributed by atoms with Gasteiger partial charge in [0, 0.05) is 43.6 Å². The average Bonchev–Trinajstić information content (AvgIpc) is 2.22. The third-order valence-electron chi connectivity index (χ3n) is 3.26. The van der Waals surface area contributed by atoms with Crippen LogP contribution >= 0.6 is 0 Å². The Balaban J connectivity index is 2.20. The largest absolute Gasteiger partial charge is 0.398 e. The van der Waals surface area contributed by atoms with E-state index in [4.69, 9.17) is 5.73 Å². The Morgan fingerprint density at radius 2 is 2.19 bits per heavy atom. The van der Waals surface area contributed by atoms with Crippen LogP contribution in [0.25, 0.3) is 0 Å². The summed E-state index contributed by atoms with van der Waals surface area (Å²) in [6.07, 6.45) is 1.86. The molecule has 0 aromatic carbocycles. The highest BCUT2D eigenvalue weighted by Gasteiger charge is 2.22. The Kier molecular flexibility index (Phi) is 3.01. The van der Waals surface area contributed by atoms with Gasteiger partial charge in [-0.25, -0.2) is 4.98 Å². The zero-order valence-electron chi connectivity index (χ0n) is 10.3. The molecule has 1 aromatic heterocycles. The van der Waals surface area contributed by atoms with E-state index in [9.17, 15) is 0 Å². The second-order valence-electron chi connectivity index (χ2n) is 4.70. The van der Waals surface area contributed by atoms with Gasteiger partial charge in [0.05, 0.1) is 0 Å². The highest BCUT2D eigenvalue weighted by molar-refractivity contribution is 5.55. The van der Waals surface area contributed by atoms with Crippen LogP contribution in [0.15, 0.2) is 12.3 Å². The molecule has 4 nitrogen and oxygen atoms in total. The summed E-state index contributed by atoms with van der Waals surface area (Å²) in [7, 11) is 2.16. The van der Waals surface area contributed by atoms with Gasteiger partial charge in [0.2, 0.25) is 0 Å². The molecule has 1 saturated heterocycles. The van der Waals surface area contributed by atoms with Crippen LogP contribution in [-0.2, 0) is 0 Å². The van der Waals surface area contributed by atoms with E-state index in [0.717, 1.165) is 36.7 Å². The number of pyridine rings is 1. The fourth-order valence-corrected chi connectivity index (χ4v) is 2.16. The standard InChI is InChI=1S/C12H20N4/c1-9-7-14-12(6-11(9)13)16-5-4-15(3)8-10(16)2/h6-7,10H,4-5,8H2,1-3H3,(H2,13,14). The highest BCUT2D eigenvalue weighted by atomic mass is 15.3. The van der Waals surface area contributed by atoms with E-state index in [2.05, 4.69) is 28.8 Å². The summed E-state index contributed by atoms with van der Waals surface area (Å²) in [4.78, 5) is 9.14. The lowest BCUT2D eigenvalue weighted by Gasteiger charge is -2.39. The van der Waals surface area contributed by atoms with Gasteiger partial charge >= 0.3 is 0 Å². The molecule has 1 aliphatic rings. The summed E-state index contributed by atoms with van der Waals surface area (Å²) in [5, 5.41) is 0. The van der Waals surface area contributed by atoms with Crippen molar-refractivity contribution < 1.29 is 0 Å². The number of rotatable bonds is 1. The number of piperazine rings is 1. The van der Waals surface area contributed by atoms with Crippen molar-refractivity contribution in [2.75, 3.05) is 37.3 Å². The van der Waals surface area contributed by atoms with Gasteiger partial charge in [-0.3, -0.25) is 0 Å². The van der Waals surface area contributed by atoms with Gasteiger partial charge in [-0.2, -0.15) is 0 Å². The first-order valence-corrected chi connectivity index (χ1v) is 5.75. The summed E-state index contributed by atoms with van der Waals surface area (Å²) in [5.41, 5.74) is 7.80. The van der Waals surface area contributed by atoms with Crippen molar-refractivity contribution in [3.63, 3.8) is 0 Å². The first kappa shape index (κ1) is 11.2. The van der Waals surface area contributed by atoms with Crippen LogP contribution in [0.2, 0.25) is 0 Å². The molecule has 2 rings (SSSR count). The van der Waals surface area contributed by atoms with Gasteiger partial charge in [0.1, 0.15) is 5.82 Å². The maximum absolute atomic E-state index is 5.92. The van der Waals surface area contributed by atoms with Crippen LogP contribution in [0.3, 0.4) is 0 Å². The molecular weight excluding hydrogens is 200 g/mol. The molecule has 2 N–H and O–H groups in total. The molecule has 2 heterocycles. The molecule has 4 heteroatoms. The molecule has 1 atom stereocenters. The SMILES string of the molecule is Cc1cnc(N2CCN(C)CC2C)cc1N. The summed E-state index contributed by atoms with van der Waals surface area (Å²) < 4.78 is 0. The van der Waals surface area contributed by atoms with Crippen LogP contribution in [0.1, 0.15) is 12.5 Å². The number of anilines is 2. The van der Waals surface area contributed by atoms with E-state index in [0.29, 0.717) is 6.04 Å². The number of hydrogen-bond acceptors (Lipinski definition) is 4. The zero-order chi connectivity index (χ0) is 11.7. The quantitative estimate of drug-likeness (QED) is 0.770. The lowest BCUT2D eigenvalue weighted by Crippen LogP contribution is -2.50. The Bertz CT molecular complexity index is 377. The molecule has 88 valence electrons. The van der Waals surface area contributed by atoms with Crippen LogP contribution in [0, 0.1) is 6.92 Å². The minimum absolute atomic E-state index is 0.494. The number of hydrogen-bond donors (Lipinski definition) is 1. The molecule has 1 aliphatic heterocycles. The van der Waals surface area contributed by atoms with E-state index in [1.807, 2.05) is 19.2 Å². The molecule has 0 amide bonds. The second-order valence-corrected chi connectivity index (χ2v) is 4.70. The molecule has 0 radical (unpaired) electrons. The van der Waals surface area contributed by atoms with Crippen LogP contribution in [0.5, 0.6) is 0 Å².